The molecule has 2 aromatic rings. The van der Waals surface area contributed by atoms with Crippen molar-refractivity contribution in [2.24, 2.45) is 0 Å². The molecule has 0 fully saturated rings. The number of hydrogen-bond acceptors (Lipinski definition) is 5. The van der Waals surface area contributed by atoms with Crippen LogP contribution in [0, 0.1) is 0 Å². The van der Waals surface area contributed by atoms with E-state index in [2.05, 4.69) is 17.0 Å². The molecule has 0 atom stereocenters. The quantitative estimate of drug-likeness (QED) is 0.734. The summed E-state index contributed by atoms with van der Waals surface area (Å²) in [6.45, 7) is 3.96. The van der Waals surface area contributed by atoms with E-state index < -0.39 is 10.0 Å². The molecule has 110 valence electrons. The van der Waals surface area contributed by atoms with Crippen molar-refractivity contribution >= 4 is 21.4 Å². The molecule has 20 heavy (non-hydrogen) atoms. The van der Waals surface area contributed by atoms with Crippen LogP contribution in [-0.2, 0) is 23.1 Å². The maximum atomic E-state index is 12.1. The molecule has 2 rings (SSSR count). The molecule has 5 nitrogen and oxygen atoms in total. The number of hydrogen-bond donors (Lipinski definition) is 2. The Balaban J connectivity index is 1.95. The first-order valence-corrected chi connectivity index (χ1v) is 8.77. The summed E-state index contributed by atoms with van der Waals surface area (Å²) >= 11 is 1.45. The van der Waals surface area contributed by atoms with Gasteiger partial charge in [-0.2, -0.15) is 0 Å². The van der Waals surface area contributed by atoms with Crippen molar-refractivity contribution in [2.75, 3.05) is 6.54 Å². The second-order valence-electron chi connectivity index (χ2n) is 4.38. The molecule has 0 amide bonds. The van der Waals surface area contributed by atoms with Gasteiger partial charge in [-0.15, -0.1) is 11.3 Å². The lowest BCUT2D eigenvalue weighted by atomic mass is 10.4. The Morgan fingerprint density at radius 3 is 2.90 bits per heavy atom. The molecule has 2 heterocycles. The molecule has 0 aliphatic heterocycles. The van der Waals surface area contributed by atoms with Gasteiger partial charge in [0.15, 0.2) is 0 Å². The molecule has 2 N–H and O–H groups in total. The lowest BCUT2D eigenvalue weighted by molar-refractivity contribution is 0.561. The van der Waals surface area contributed by atoms with Gasteiger partial charge in [0.1, 0.15) is 0 Å². The molecule has 0 bridgehead atoms. The minimum absolute atomic E-state index is 0.234. The predicted octanol–water partition coefficient (Wildman–Crippen LogP) is 2.32. The molecule has 0 radical (unpaired) electrons. The zero-order valence-electron chi connectivity index (χ0n) is 11.3. The number of furan rings is 1. The van der Waals surface area contributed by atoms with E-state index in [0.29, 0.717) is 11.4 Å². The van der Waals surface area contributed by atoms with Crippen molar-refractivity contribution in [3.63, 3.8) is 0 Å². The van der Waals surface area contributed by atoms with Gasteiger partial charge in [-0.1, -0.05) is 6.92 Å². The monoisotopic (exact) mass is 314 g/mol. The third-order valence-electron chi connectivity index (χ3n) is 2.71. The topological polar surface area (TPSA) is 71.3 Å². The van der Waals surface area contributed by atoms with Gasteiger partial charge in [-0.25, -0.2) is 13.1 Å². The number of sulfonamides is 1. The van der Waals surface area contributed by atoms with Crippen molar-refractivity contribution in [1.82, 2.24) is 10.0 Å². The van der Waals surface area contributed by atoms with E-state index in [1.807, 2.05) is 0 Å². The zero-order valence-corrected chi connectivity index (χ0v) is 12.9. The summed E-state index contributed by atoms with van der Waals surface area (Å²) < 4.78 is 31.7. The third kappa shape index (κ3) is 4.17. The molecule has 0 unspecified atom stereocenters. The second kappa shape index (κ2) is 7.03. The average Bonchev–Trinajstić information content (AvgIpc) is 3.08. The highest BCUT2D eigenvalue weighted by Gasteiger charge is 2.16. The molecular formula is C13H18N2O3S2. The minimum Gasteiger partial charge on any atom is -0.472 e. The zero-order chi connectivity index (χ0) is 14.4. The molecule has 0 spiro atoms. The van der Waals surface area contributed by atoms with Crippen LogP contribution in [0.15, 0.2) is 39.4 Å². The first-order valence-electron chi connectivity index (χ1n) is 6.40. The van der Waals surface area contributed by atoms with Crippen LogP contribution in [0.5, 0.6) is 0 Å². The van der Waals surface area contributed by atoms with E-state index in [-0.39, 0.29) is 6.54 Å². The van der Waals surface area contributed by atoms with E-state index in [9.17, 15) is 8.42 Å². The van der Waals surface area contributed by atoms with Crippen molar-refractivity contribution in [3.8, 4) is 0 Å². The highest BCUT2D eigenvalue weighted by atomic mass is 32.2. The maximum Gasteiger partial charge on any atom is 0.241 e. The Labute approximate surface area is 123 Å². The molecule has 2 aromatic heterocycles. The Hall–Kier alpha value is -1.15. The molecule has 0 aliphatic rings. The van der Waals surface area contributed by atoms with Crippen molar-refractivity contribution in [2.45, 2.75) is 31.3 Å². The van der Waals surface area contributed by atoms with E-state index in [4.69, 9.17) is 4.42 Å². The first kappa shape index (κ1) is 15.2. The van der Waals surface area contributed by atoms with Crippen LogP contribution in [0.2, 0.25) is 0 Å². The molecule has 0 saturated carbocycles. The third-order valence-corrected chi connectivity index (χ3v) is 5.18. The van der Waals surface area contributed by atoms with Crippen LogP contribution in [0.3, 0.4) is 0 Å². The fourth-order valence-electron chi connectivity index (χ4n) is 1.64. The van der Waals surface area contributed by atoms with Gasteiger partial charge in [0, 0.05) is 28.9 Å². The lowest BCUT2D eigenvalue weighted by Crippen LogP contribution is -2.22. The molecule has 0 aliphatic carbocycles. The Kier molecular flexibility index (Phi) is 5.36. The highest BCUT2D eigenvalue weighted by molar-refractivity contribution is 7.89. The normalized spacial score (nSPS) is 11.8. The SMILES string of the molecule is CCCNCc1cc(S(=O)(=O)NCc2ccoc2)cs1. The van der Waals surface area contributed by atoms with E-state index >= 15 is 0 Å². The van der Waals surface area contributed by atoms with Crippen LogP contribution in [-0.4, -0.2) is 15.0 Å². The van der Waals surface area contributed by atoms with Gasteiger partial charge in [-0.05, 0) is 25.1 Å². The lowest BCUT2D eigenvalue weighted by Gasteiger charge is -2.03. The van der Waals surface area contributed by atoms with E-state index in [1.165, 1.54) is 23.9 Å². The van der Waals surface area contributed by atoms with Crippen molar-refractivity contribution < 1.29 is 12.8 Å². The fraction of sp³-hybridized carbons (Fsp3) is 0.385. The Morgan fingerprint density at radius 1 is 1.35 bits per heavy atom. The van der Waals surface area contributed by atoms with Crippen LogP contribution >= 0.6 is 11.3 Å². The summed E-state index contributed by atoms with van der Waals surface area (Å²) in [7, 11) is -3.46. The van der Waals surface area contributed by atoms with Gasteiger partial charge in [0.2, 0.25) is 10.0 Å². The van der Waals surface area contributed by atoms with Gasteiger partial charge in [0.05, 0.1) is 17.4 Å². The maximum absolute atomic E-state index is 12.1. The Bertz CT molecular complexity index is 618. The standard InChI is InChI=1S/C13H18N2O3S2/c1-2-4-14-8-12-6-13(10-19-12)20(16,17)15-7-11-3-5-18-9-11/h3,5-6,9-10,14-15H,2,4,7-8H2,1H3. The summed E-state index contributed by atoms with van der Waals surface area (Å²) in [6, 6.07) is 3.45. The number of nitrogens with one attached hydrogen (secondary N) is 2. The molecule has 0 saturated heterocycles. The summed E-state index contributed by atoms with van der Waals surface area (Å²) in [5.74, 6) is 0. The summed E-state index contributed by atoms with van der Waals surface area (Å²) in [4.78, 5) is 1.33. The summed E-state index contributed by atoms with van der Waals surface area (Å²) in [5, 5.41) is 4.92. The van der Waals surface area contributed by atoms with Gasteiger partial charge in [-0.3, -0.25) is 0 Å². The molecular weight excluding hydrogens is 296 g/mol. The second-order valence-corrected chi connectivity index (χ2v) is 7.14. The van der Waals surface area contributed by atoms with Gasteiger partial charge >= 0.3 is 0 Å². The summed E-state index contributed by atoms with van der Waals surface area (Å²) in [6.07, 6.45) is 4.10. The van der Waals surface area contributed by atoms with Gasteiger partial charge < -0.3 is 9.73 Å². The molecule has 0 aromatic carbocycles. The average molecular weight is 314 g/mol. The van der Waals surface area contributed by atoms with Crippen molar-refractivity contribution in [1.29, 1.82) is 0 Å². The number of thiophene rings is 1. The predicted molar refractivity (Wildman–Crippen MR) is 79.1 cm³/mol. The first-order chi connectivity index (χ1) is 9.62. The summed E-state index contributed by atoms with van der Waals surface area (Å²) in [5.41, 5.74) is 0.800. The van der Waals surface area contributed by atoms with E-state index in [1.54, 1.807) is 17.5 Å². The minimum atomic E-state index is -3.46. The smallest absolute Gasteiger partial charge is 0.241 e. The fourth-order valence-corrected chi connectivity index (χ4v) is 3.90. The Morgan fingerprint density at radius 2 is 2.20 bits per heavy atom. The largest absolute Gasteiger partial charge is 0.472 e. The van der Waals surface area contributed by atoms with Crippen molar-refractivity contribution in [3.05, 3.63) is 40.5 Å². The van der Waals surface area contributed by atoms with E-state index in [0.717, 1.165) is 23.4 Å². The van der Waals surface area contributed by atoms with Crippen LogP contribution < -0.4 is 10.0 Å². The van der Waals surface area contributed by atoms with Crippen LogP contribution in [0.4, 0.5) is 0 Å². The molecule has 7 heteroatoms. The number of rotatable bonds is 8. The highest BCUT2D eigenvalue weighted by Crippen LogP contribution is 2.19. The van der Waals surface area contributed by atoms with Gasteiger partial charge in [0.25, 0.3) is 0 Å². The van der Waals surface area contributed by atoms with Crippen LogP contribution in [0.25, 0.3) is 0 Å². The van der Waals surface area contributed by atoms with Crippen LogP contribution in [0.1, 0.15) is 23.8 Å².